The summed E-state index contributed by atoms with van der Waals surface area (Å²) >= 11 is 0. The van der Waals surface area contributed by atoms with Gasteiger partial charge in [-0.1, -0.05) is 6.42 Å². The van der Waals surface area contributed by atoms with E-state index in [2.05, 4.69) is 5.32 Å². The standard InChI is InChI=1S/C15H27NO3/c17-14-3-1-2-12(14)11-16-13-4-7-19-15(10-13)5-8-18-9-6-15/h12-14,16-17H,1-11H2. The number of aliphatic hydroxyl groups excluding tert-OH is 1. The fourth-order valence-corrected chi connectivity index (χ4v) is 3.87. The summed E-state index contributed by atoms with van der Waals surface area (Å²) in [4.78, 5) is 0. The van der Waals surface area contributed by atoms with E-state index >= 15 is 0 Å². The summed E-state index contributed by atoms with van der Waals surface area (Å²) in [6.07, 6.45) is 7.56. The molecule has 0 aromatic carbocycles. The number of rotatable bonds is 3. The van der Waals surface area contributed by atoms with Crippen molar-refractivity contribution >= 4 is 0 Å². The van der Waals surface area contributed by atoms with Crippen LogP contribution in [0.2, 0.25) is 0 Å². The lowest BCUT2D eigenvalue weighted by Gasteiger charge is -2.43. The van der Waals surface area contributed by atoms with Gasteiger partial charge in [-0.15, -0.1) is 0 Å². The van der Waals surface area contributed by atoms with Crippen molar-refractivity contribution in [1.29, 1.82) is 0 Å². The maximum absolute atomic E-state index is 9.88. The Bertz CT molecular complexity index is 286. The molecule has 3 rings (SSSR count). The van der Waals surface area contributed by atoms with Crippen LogP contribution in [0.3, 0.4) is 0 Å². The van der Waals surface area contributed by atoms with E-state index in [-0.39, 0.29) is 11.7 Å². The lowest BCUT2D eigenvalue weighted by molar-refractivity contribution is -0.140. The van der Waals surface area contributed by atoms with Crippen LogP contribution >= 0.6 is 0 Å². The minimum absolute atomic E-state index is 0.0719. The summed E-state index contributed by atoms with van der Waals surface area (Å²) in [6, 6.07) is 0.555. The Balaban J connectivity index is 1.48. The molecule has 2 heterocycles. The molecular formula is C15H27NO3. The van der Waals surface area contributed by atoms with Crippen LogP contribution in [0.1, 0.15) is 44.9 Å². The minimum Gasteiger partial charge on any atom is -0.393 e. The van der Waals surface area contributed by atoms with Crippen LogP contribution in [-0.4, -0.2) is 49.2 Å². The van der Waals surface area contributed by atoms with Crippen LogP contribution in [0.4, 0.5) is 0 Å². The lowest BCUT2D eigenvalue weighted by Crippen LogP contribution is -2.50. The quantitative estimate of drug-likeness (QED) is 0.814. The lowest BCUT2D eigenvalue weighted by atomic mass is 9.84. The van der Waals surface area contributed by atoms with Crippen LogP contribution in [0.25, 0.3) is 0 Å². The van der Waals surface area contributed by atoms with Gasteiger partial charge in [-0.3, -0.25) is 0 Å². The molecule has 0 amide bonds. The molecule has 110 valence electrons. The average molecular weight is 269 g/mol. The summed E-state index contributed by atoms with van der Waals surface area (Å²) in [5.41, 5.74) is 0.0719. The van der Waals surface area contributed by atoms with E-state index in [1.165, 1.54) is 12.8 Å². The molecule has 2 N–H and O–H groups in total. The van der Waals surface area contributed by atoms with Gasteiger partial charge in [0.05, 0.1) is 11.7 Å². The maximum atomic E-state index is 9.88. The van der Waals surface area contributed by atoms with Crippen molar-refractivity contribution in [3.8, 4) is 0 Å². The highest BCUT2D eigenvalue weighted by atomic mass is 16.5. The van der Waals surface area contributed by atoms with Gasteiger partial charge in [0.1, 0.15) is 0 Å². The molecule has 3 unspecified atom stereocenters. The summed E-state index contributed by atoms with van der Waals surface area (Å²) < 4.78 is 11.5. The molecule has 3 fully saturated rings. The molecule has 1 saturated carbocycles. The predicted molar refractivity (Wildman–Crippen MR) is 73.1 cm³/mol. The van der Waals surface area contributed by atoms with Gasteiger partial charge in [0.2, 0.25) is 0 Å². The molecule has 4 heteroatoms. The largest absolute Gasteiger partial charge is 0.393 e. The SMILES string of the molecule is OC1CCCC1CNC1CCOC2(CCOCC2)C1. The highest BCUT2D eigenvalue weighted by Crippen LogP contribution is 2.34. The van der Waals surface area contributed by atoms with Crippen molar-refractivity contribution in [2.45, 2.75) is 62.7 Å². The zero-order chi connectivity index (χ0) is 13.1. The molecule has 0 radical (unpaired) electrons. The third-order valence-electron chi connectivity index (χ3n) is 5.18. The van der Waals surface area contributed by atoms with Gasteiger partial charge in [-0.25, -0.2) is 0 Å². The summed E-state index contributed by atoms with van der Waals surface area (Å²) in [5, 5.41) is 13.6. The van der Waals surface area contributed by atoms with Crippen molar-refractivity contribution < 1.29 is 14.6 Å². The second-order valence-electron chi connectivity index (χ2n) is 6.50. The van der Waals surface area contributed by atoms with E-state index in [1.54, 1.807) is 0 Å². The van der Waals surface area contributed by atoms with Crippen LogP contribution in [0.15, 0.2) is 0 Å². The zero-order valence-corrected chi connectivity index (χ0v) is 11.8. The Morgan fingerprint density at radius 2 is 1.95 bits per heavy atom. The summed E-state index contributed by atoms with van der Waals surface area (Å²) in [6.45, 7) is 3.52. The highest BCUT2D eigenvalue weighted by molar-refractivity contribution is 4.92. The van der Waals surface area contributed by atoms with Crippen LogP contribution in [-0.2, 0) is 9.47 Å². The van der Waals surface area contributed by atoms with E-state index in [0.29, 0.717) is 12.0 Å². The summed E-state index contributed by atoms with van der Waals surface area (Å²) in [7, 11) is 0. The molecule has 1 aliphatic carbocycles. The van der Waals surface area contributed by atoms with E-state index in [0.717, 1.165) is 58.5 Å². The Morgan fingerprint density at radius 1 is 1.11 bits per heavy atom. The van der Waals surface area contributed by atoms with Gasteiger partial charge in [-0.2, -0.15) is 0 Å². The van der Waals surface area contributed by atoms with Crippen molar-refractivity contribution in [1.82, 2.24) is 5.32 Å². The molecule has 19 heavy (non-hydrogen) atoms. The second kappa shape index (κ2) is 6.08. The van der Waals surface area contributed by atoms with Gasteiger partial charge in [0.25, 0.3) is 0 Å². The minimum atomic E-state index is -0.0793. The third kappa shape index (κ3) is 3.30. The number of nitrogens with one attached hydrogen (secondary N) is 1. The molecular weight excluding hydrogens is 242 g/mol. The van der Waals surface area contributed by atoms with E-state index in [9.17, 15) is 5.11 Å². The van der Waals surface area contributed by atoms with E-state index in [4.69, 9.17) is 9.47 Å². The Morgan fingerprint density at radius 3 is 2.68 bits per heavy atom. The average Bonchev–Trinajstić information content (AvgIpc) is 2.83. The van der Waals surface area contributed by atoms with Crippen molar-refractivity contribution in [3.05, 3.63) is 0 Å². The molecule has 2 saturated heterocycles. The maximum Gasteiger partial charge on any atom is 0.0741 e. The second-order valence-corrected chi connectivity index (χ2v) is 6.50. The Hall–Kier alpha value is -0.160. The molecule has 0 bridgehead atoms. The Kier molecular flexibility index (Phi) is 4.42. The molecule has 2 aliphatic heterocycles. The molecule has 4 nitrogen and oxygen atoms in total. The first kappa shape index (κ1) is 13.8. The molecule has 1 spiro atoms. The van der Waals surface area contributed by atoms with E-state index in [1.807, 2.05) is 0 Å². The van der Waals surface area contributed by atoms with E-state index < -0.39 is 0 Å². The molecule has 0 aromatic rings. The zero-order valence-electron chi connectivity index (χ0n) is 11.8. The van der Waals surface area contributed by atoms with Gasteiger partial charge in [0, 0.05) is 32.4 Å². The first-order chi connectivity index (χ1) is 9.27. The summed E-state index contributed by atoms with van der Waals surface area (Å²) in [5.74, 6) is 0.466. The van der Waals surface area contributed by atoms with Gasteiger partial charge in [-0.05, 0) is 44.4 Å². The normalized spacial score (nSPS) is 38.7. The molecule has 0 aromatic heterocycles. The van der Waals surface area contributed by atoms with Crippen molar-refractivity contribution in [2.24, 2.45) is 5.92 Å². The van der Waals surface area contributed by atoms with Crippen molar-refractivity contribution in [3.63, 3.8) is 0 Å². The first-order valence-electron chi connectivity index (χ1n) is 7.91. The van der Waals surface area contributed by atoms with Gasteiger partial charge in [0.15, 0.2) is 0 Å². The smallest absolute Gasteiger partial charge is 0.0741 e. The monoisotopic (exact) mass is 269 g/mol. The number of ether oxygens (including phenoxy) is 2. The van der Waals surface area contributed by atoms with Crippen LogP contribution in [0.5, 0.6) is 0 Å². The van der Waals surface area contributed by atoms with Crippen molar-refractivity contribution in [2.75, 3.05) is 26.4 Å². The third-order valence-corrected chi connectivity index (χ3v) is 5.18. The molecule has 3 atom stereocenters. The number of aliphatic hydroxyl groups is 1. The Labute approximate surface area is 115 Å². The van der Waals surface area contributed by atoms with Gasteiger partial charge >= 0.3 is 0 Å². The van der Waals surface area contributed by atoms with Crippen LogP contribution in [0, 0.1) is 5.92 Å². The molecule has 3 aliphatic rings. The van der Waals surface area contributed by atoms with Crippen LogP contribution < -0.4 is 5.32 Å². The topological polar surface area (TPSA) is 50.7 Å². The number of hydrogen-bond acceptors (Lipinski definition) is 4. The predicted octanol–water partition coefficient (Wildman–Crippen LogP) is 1.47. The highest BCUT2D eigenvalue weighted by Gasteiger charge is 2.39. The first-order valence-corrected chi connectivity index (χ1v) is 7.91. The van der Waals surface area contributed by atoms with Gasteiger partial charge < -0.3 is 19.9 Å². The fraction of sp³-hybridized carbons (Fsp3) is 1.00. The fourth-order valence-electron chi connectivity index (χ4n) is 3.87. The number of hydrogen-bond donors (Lipinski definition) is 2.